The molecule has 0 aromatic carbocycles. The minimum absolute atomic E-state index is 0.169. The van der Waals surface area contributed by atoms with E-state index in [4.69, 9.17) is 9.47 Å². The van der Waals surface area contributed by atoms with Crippen molar-refractivity contribution in [3.05, 3.63) is 0 Å². The Morgan fingerprint density at radius 3 is 2.00 bits per heavy atom. The summed E-state index contributed by atoms with van der Waals surface area (Å²) in [4.78, 5) is 23.6. The third-order valence-corrected chi connectivity index (χ3v) is 2.42. The first-order valence-corrected chi connectivity index (χ1v) is 6.72. The number of nitrogens with one attached hydrogen (secondary N) is 1. The number of ether oxygens (including phenoxy) is 2. The summed E-state index contributed by atoms with van der Waals surface area (Å²) in [5.74, 6) is -0.680. The van der Waals surface area contributed by atoms with Gasteiger partial charge in [0.15, 0.2) is 6.04 Å². The second-order valence-corrected chi connectivity index (χ2v) is 6.69. The topological polar surface area (TPSA) is 84.9 Å². The SMILES string of the molecule is CCOC(=O)[C@H](NC(=O)OC(C)(C)C)[C@H](O)C(C)(C)C. The van der Waals surface area contributed by atoms with Crippen molar-refractivity contribution >= 4 is 12.1 Å². The highest BCUT2D eigenvalue weighted by Crippen LogP contribution is 2.22. The van der Waals surface area contributed by atoms with E-state index in [2.05, 4.69) is 5.32 Å². The zero-order chi connectivity index (χ0) is 16.1. The van der Waals surface area contributed by atoms with Crippen LogP contribution in [0.5, 0.6) is 0 Å². The van der Waals surface area contributed by atoms with Crippen LogP contribution in [-0.4, -0.2) is 41.5 Å². The van der Waals surface area contributed by atoms with Gasteiger partial charge in [0, 0.05) is 0 Å². The smallest absolute Gasteiger partial charge is 0.408 e. The molecule has 0 saturated carbocycles. The molecule has 0 bridgehead atoms. The van der Waals surface area contributed by atoms with Gasteiger partial charge in [-0.25, -0.2) is 9.59 Å². The molecule has 20 heavy (non-hydrogen) atoms. The van der Waals surface area contributed by atoms with Gasteiger partial charge in [-0.2, -0.15) is 0 Å². The van der Waals surface area contributed by atoms with Crippen molar-refractivity contribution in [2.24, 2.45) is 5.41 Å². The van der Waals surface area contributed by atoms with Crippen molar-refractivity contribution in [2.75, 3.05) is 6.61 Å². The van der Waals surface area contributed by atoms with E-state index in [0.29, 0.717) is 0 Å². The number of aliphatic hydroxyl groups excluding tert-OH is 1. The van der Waals surface area contributed by atoms with E-state index >= 15 is 0 Å². The molecule has 0 spiro atoms. The normalized spacial score (nSPS) is 15.2. The maximum Gasteiger partial charge on any atom is 0.408 e. The first-order valence-electron chi connectivity index (χ1n) is 6.72. The number of carbonyl (C=O) groups is 2. The van der Waals surface area contributed by atoms with E-state index in [0.717, 1.165) is 0 Å². The molecule has 0 rings (SSSR count). The zero-order valence-electron chi connectivity index (χ0n) is 13.4. The molecular weight excluding hydrogens is 262 g/mol. The summed E-state index contributed by atoms with van der Waals surface area (Å²) in [5.41, 5.74) is -1.28. The molecule has 0 aliphatic carbocycles. The monoisotopic (exact) mass is 289 g/mol. The Balaban J connectivity index is 4.96. The molecule has 118 valence electrons. The minimum atomic E-state index is -1.16. The van der Waals surface area contributed by atoms with E-state index in [-0.39, 0.29) is 6.61 Å². The summed E-state index contributed by atoms with van der Waals surface area (Å²) in [6.45, 7) is 12.3. The van der Waals surface area contributed by atoms with Gasteiger partial charge in [0.25, 0.3) is 0 Å². The molecule has 2 N–H and O–H groups in total. The van der Waals surface area contributed by atoms with Crippen LogP contribution in [0, 0.1) is 5.41 Å². The lowest BCUT2D eigenvalue weighted by molar-refractivity contribution is -0.151. The predicted molar refractivity (Wildman–Crippen MR) is 75.3 cm³/mol. The molecule has 1 amide bonds. The summed E-state index contributed by atoms with van der Waals surface area (Å²) in [7, 11) is 0. The Morgan fingerprint density at radius 2 is 1.65 bits per heavy atom. The van der Waals surface area contributed by atoms with E-state index in [1.54, 1.807) is 48.5 Å². The molecule has 6 heteroatoms. The highest BCUT2D eigenvalue weighted by molar-refractivity contribution is 5.82. The van der Waals surface area contributed by atoms with Crippen LogP contribution in [-0.2, 0) is 14.3 Å². The Labute approximate surface area is 120 Å². The molecule has 2 atom stereocenters. The number of hydrogen-bond acceptors (Lipinski definition) is 5. The second-order valence-electron chi connectivity index (χ2n) is 6.69. The quantitative estimate of drug-likeness (QED) is 0.771. The van der Waals surface area contributed by atoms with Crippen molar-refractivity contribution < 1.29 is 24.2 Å². The molecule has 6 nitrogen and oxygen atoms in total. The van der Waals surface area contributed by atoms with Gasteiger partial charge in [-0.3, -0.25) is 0 Å². The standard InChI is InChI=1S/C14H27NO5/c1-8-19-11(17)9(10(16)13(2,3)4)15-12(18)20-14(5,6)7/h9-10,16H,8H2,1-7H3,(H,15,18)/t9-,10+/m1/s1. The van der Waals surface area contributed by atoms with Crippen LogP contribution in [0.2, 0.25) is 0 Å². The number of amides is 1. The second kappa shape index (κ2) is 6.92. The third-order valence-electron chi connectivity index (χ3n) is 2.42. The Morgan fingerprint density at radius 1 is 1.15 bits per heavy atom. The van der Waals surface area contributed by atoms with Gasteiger partial charge in [0.1, 0.15) is 5.60 Å². The van der Waals surface area contributed by atoms with Gasteiger partial charge < -0.3 is 19.9 Å². The highest BCUT2D eigenvalue weighted by atomic mass is 16.6. The first kappa shape index (κ1) is 18.7. The zero-order valence-corrected chi connectivity index (χ0v) is 13.4. The van der Waals surface area contributed by atoms with Crippen LogP contribution < -0.4 is 5.32 Å². The number of esters is 1. The van der Waals surface area contributed by atoms with Gasteiger partial charge in [-0.1, -0.05) is 20.8 Å². The van der Waals surface area contributed by atoms with E-state index in [9.17, 15) is 14.7 Å². The number of rotatable bonds is 4. The van der Waals surface area contributed by atoms with Crippen LogP contribution in [0.25, 0.3) is 0 Å². The van der Waals surface area contributed by atoms with Gasteiger partial charge in [0.2, 0.25) is 0 Å². The fourth-order valence-electron chi connectivity index (χ4n) is 1.43. The number of hydrogen-bond donors (Lipinski definition) is 2. The molecule has 0 radical (unpaired) electrons. The van der Waals surface area contributed by atoms with Crippen molar-refractivity contribution in [3.63, 3.8) is 0 Å². The Hall–Kier alpha value is -1.30. The molecule has 0 unspecified atom stereocenters. The van der Waals surface area contributed by atoms with E-state index < -0.39 is 35.2 Å². The Bertz CT molecular complexity index is 340. The molecule has 0 fully saturated rings. The summed E-state index contributed by atoms with van der Waals surface area (Å²) in [5, 5.41) is 12.6. The van der Waals surface area contributed by atoms with E-state index in [1.807, 2.05) is 0 Å². The summed E-state index contributed by atoms with van der Waals surface area (Å²) in [6.07, 6.45) is -1.85. The molecular formula is C14H27NO5. The highest BCUT2D eigenvalue weighted by Gasteiger charge is 2.38. The predicted octanol–water partition coefficient (Wildman–Crippen LogP) is 1.85. The molecule has 0 saturated heterocycles. The average molecular weight is 289 g/mol. The molecule has 0 aliphatic heterocycles. The number of carbonyl (C=O) groups excluding carboxylic acids is 2. The summed E-state index contributed by atoms with van der Waals surface area (Å²) >= 11 is 0. The summed E-state index contributed by atoms with van der Waals surface area (Å²) < 4.78 is 9.97. The van der Waals surface area contributed by atoms with Crippen LogP contribution >= 0.6 is 0 Å². The fourth-order valence-corrected chi connectivity index (χ4v) is 1.43. The van der Waals surface area contributed by atoms with Gasteiger partial charge in [-0.05, 0) is 33.1 Å². The number of alkyl carbamates (subject to hydrolysis) is 1. The fraction of sp³-hybridized carbons (Fsp3) is 0.857. The first-order chi connectivity index (χ1) is 8.88. The molecule has 0 heterocycles. The van der Waals surface area contributed by atoms with E-state index in [1.165, 1.54) is 0 Å². The van der Waals surface area contributed by atoms with Crippen LogP contribution in [0.4, 0.5) is 4.79 Å². The van der Waals surface area contributed by atoms with Crippen molar-refractivity contribution in [1.29, 1.82) is 0 Å². The van der Waals surface area contributed by atoms with Gasteiger partial charge in [-0.15, -0.1) is 0 Å². The van der Waals surface area contributed by atoms with Crippen molar-refractivity contribution in [2.45, 2.75) is 66.2 Å². The minimum Gasteiger partial charge on any atom is -0.464 e. The third kappa shape index (κ3) is 6.75. The maximum absolute atomic E-state index is 11.9. The Kier molecular flexibility index (Phi) is 6.47. The number of aliphatic hydroxyl groups is 1. The largest absolute Gasteiger partial charge is 0.464 e. The lowest BCUT2D eigenvalue weighted by Gasteiger charge is -2.32. The van der Waals surface area contributed by atoms with Crippen molar-refractivity contribution in [1.82, 2.24) is 5.32 Å². The van der Waals surface area contributed by atoms with Crippen LogP contribution in [0.15, 0.2) is 0 Å². The molecule has 0 aromatic rings. The summed E-state index contributed by atoms with van der Waals surface area (Å²) in [6, 6.07) is -1.16. The lowest BCUT2D eigenvalue weighted by Crippen LogP contribution is -2.54. The average Bonchev–Trinajstić information content (AvgIpc) is 2.21. The van der Waals surface area contributed by atoms with Gasteiger partial charge in [0.05, 0.1) is 12.7 Å². The van der Waals surface area contributed by atoms with Crippen LogP contribution in [0.1, 0.15) is 48.5 Å². The molecule has 0 aromatic heterocycles. The van der Waals surface area contributed by atoms with Gasteiger partial charge >= 0.3 is 12.1 Å². The van der Waals surface area contributed by atoms with Crippen LogP contribution in [0.3, 0.4) is 0 Å². The molecule has 0 aliphatic rings. The lowest BCUT2D eigenvalue weighted by atomic mass is 9.84. The van der Waals surface area contributed by atoms with Crippen molar-refractivity contribution in [3.8, 4) is 0 Å². The maximum atomic E-state index is 11.9.